The van der Waals surface area contributed by atoms with Crippen molar-refractivity contribution in [3.63, 3.8) is 0 Å². The molecule has 1 aliphatic rings. The van der Waals surface area contributed by atoms with E-state index in [1.54, 1.807) is 12.1 Å². The Morgan fingerprint density at radius 3 is 2.73 bits per heavy atom. The summed E-state index contributed by atoms with van der Waals surface area (Å²) in [6.07, 6.45) is 3.41. The molecule has 0 spiro atoms. The normalized spacial score (nSPS) is 16.7. The lowest BCUT2D eigenvalue weighted by Gasteiger charge is -2.18. The van der Waals surface area contributed by atoms with Crippen molar-refractivity contribution in [3.05, 3.63) is 54.1 Å². The SMILES string of the molecule is Cc1ccccc1OC(C)CNC(=O)Nc1cccc(S(=O)(=O)/N=C2\CCCCCN2C)c1. The van der Waals surface area contributed by atoms with E-state index in [-0.39, 0.29) is 17.5 Å². The minimum absolute atomic E-state index is 0.0432. The van der Waals surface area contributed by atoms with E-state index in [9.17, 15) is 13.2 Å². The summed E-state index contributed by atoms with van der Waals surface area (Å²) in [6.45, 7) is 4.91. The third-order valence-electron chi connectivity index (χ3n) is 5.42. The van der Waals surface area contributed by atoms with Gasteiger partial charge in [0.25, 0.3) is 10.0 Å². The Morgan fingerprint density at radius 1 is 1.15 bits per heavy atom. The number of aryl methyl sites for hydroxylation is 1. The molecule has 2 N–H and O–H groups in total. The molecule has 9 heteroatoms. The van der Waals surface area contributed by atoms with E-state index in [1.165, 1.54) is 12.1 Å². The van der Waals surface area contributed by atoms with Crippen LogP contribution in [-0.2, 0) is 10.0 Å². The number of anilines is 1. The van der Waals surface area contributed by atoms with Gasteiger partial charge in [0, 0.05) is 25.7 Å². The molecule has 33 heavy (non-hydrogen) atoms. The molecule has 1 fully saturated rings. The van der Waals surface area contributed by atoms with E-state index in [2.05, 4.69) is 15.0 Å². The number of amides is 2. The van der Waals surface area contributed by atoms with Crippen molar-refractivity contribution < 1.29 is 17.9 Å². The fourth-order valence-electron chi connectivity index (χ4n) is 3.53. The van der Waals surface area contributed by atoms with Crippen LogP contribution in [0, 0.1) is 6.92 Å². The van der Waals surface area contributed by atoms with Gasteiger partial charge in [-0.25, -0.2) is 4.79 Å². The molecule has 0 aliphatic carbocycles. The van der Waals surface area contributed by atoms with E-state index in [1.807, 2.05) is 50.1 Å². The number of sulfonamides is 1. The molecule has 1 saturated heterocycles. The van der Waals surface area contributed by atoms with Crippen LogP contribution in [0.5, 0.6) is 5.75 Å². The fraction of sp³-hybridized carbons (Fsp3) is 0.417. The molecular formula is C24H32N4O4S. The summed E-state index contributed by atoms with van der Waals surface area (Å²) >= 11 is 0. The van der Waals surface area contributed by atoms with E-state index in [0.29, 0.717) is 17.9 Å². The number of nitrogens with one attached hydrogen (secondary N) is 2. The first-order valence-corrected chi connectivity index (χ1v) is 12.6. The highest BCUT2D eigenvalue weighted by atomic mass is 32.2. The number of rotatable bonds is 7. The van der Waals surface area contributed by atoms with Gasteiger partial charge in [-0.1, -0.05) is 30.7 Å². The smallest absolute Gasteiger partial charge is 0.319 e. The van der Waals surface area contributed by atoms with Crippen molar-refractivity contribution in [3.8, 4) is 5.75 Å². The average molecular weight is 473 g/mol. The summed E-state index contributed by atoms with van der Waals surface area (Å²) < 4.78 is 35.6. The molecular weight excluding hydrogens is 440 g/mol. The largest absolute Gasteiger partial charge is 0.489 e. The number of likely N-dealkylation sites (tertiary alicyclic amines) is 1. The zero-order chi connectivity index (χ0) is 23.8. The first-order valence-electron chi connectivity index (χ1n) is 11.2. The van der Waals surface area contributed by atoms with Crippen molar-refractivity contribution >= 4 is 27.6 Å². The molecule has 0 aromatic heterocycles. The second-order valence-electron chi connectivity index (χ2n) is 8.27. The van der Waals surface area contributed by atoms with E-state index < -0.39 is 16.1 Å². The van der Waals surface area contributed by atoms with Crippen molar-refractivity contribution in [2.75, 3.05) is 25.5 Å². The van der Waals surface area contributed by atoms with Gasteiger partial charge in [0.05, 0.1) is 11.4 Å². The molecule has 2 aromatic carbocycles. The molecule has 3 rings (SSSR count). The molecule has 178 valence electrons. The molecule has 2 aromatic rings. The van der Waals surface area contributed by atoms with Crippen LogP contribution < -0.4 is 15.4 Å². The highest BCUT2D eigenvalue weighted by molar-refractivity contribution is 7.90. The van der Waals surface area contributed by atoms with Crippen molar-refractivity contribution in [2.45, 2.75) is 50.5 Å². The summed E-state index contributed by atoms with van der Waals surface area (Å²) in [6, 6.07) is 13.4. The van der Waals surface area contributed by atoms with Crippen LogP contribution in [0.15, 0.2) is 57.8 Å². The summed E-state index contributed by atoms with van der Waals surface area (Å²) in [7, 11) is -2.01. The van der Waals surface area contributed by atoms with Gasteiger partial charge in [0.15, 0.2) is 0 Å². The average Bonchev–Trinajstić information content (AvgIpc) is 2.98. The highest BCUT2D eigenvalue weighted by Crippen LogP contribution is 2.20. The molecule has 0 radical (unpaired) electrons. The summed E-state index contributed by atoms with van der Waals surface area (Å²) in [5, 5.41) is 5.43. The molecule has 0 bridgehead atoms. The minimum atomic E-state index is -3.88. The van der Waals surface area contributed by atoms with Crippen LogP contribution in [0.3, 0.4) is 0 Å². The van der Waals surface area contributed by atoms with Crippen LogP contribution in [0.2, 0.25) is 0 Å². The summed E-state index contributed by atoms with van der Waals surface area (Å²) in [5.41, 5.74) is 1.39. The zero-order valence-electron chi connectivity index (χ0n) is 19.4. The van der Waals surface area contributed by atoms with Gasteiger partial charge in [-0.05, 0) is 56.5 Å². The van der Waals surface area contributed by atoms with Gasteiger partial charge in [-0.3, -0.25) is 0 Å². The van der Waals surface area contributed by atoms with E-state index in [4.69, 9.17) is 4.74 Å². The maximum atomic E-state index is 12.9. The first kappa shape index (κ1) is 24.6. The van der Waals surface area contributed by atoms with Crippen LogP contribution in [0.1, 0.15) is 38.2 Å². The second kappa shape index (κ2) is 11.2. The Balaban J connectivity index is 1.60. The lowest BCUT2D eigenvalue weighted by Crippen LogP contribution is -2.36. The second-order valence-corrected chi connectivity index (χ2v) is 9.88. The molecule has 0 saturated carbocycles. The predicted molar refractivity (Wildman–Crippen MR) is 130 cm³/mol. The number of carbonyl (C=O) groups is 1. The lowest BCUT2D eigenvalue weighted by molar-refractivity contribution is 0.211. The van der Waals surface area contributed by atoms with Gasteiger partial charge < -0.3 is 20.3 Å². The Kier molecular flexibility index (Phi) is 8.32. The maximum Gasteiger partial charge on any atom is 0.319 e. The number of para-hydroxylation sites is 1. The number of ether oxygens (including phenoxy) is 1. The van der Waals surface area contributed by atoms with Crippen molar-refractivity contribution in [1.82, 2.24) is 10.2 Å². The van der Waals surface area contributed by atoms with Crippen molar-refractivity contribution in [2.24, 2.45) is 4.40 Å². The minimum Gasteiger partial charge on any atom is -0.489 e. The number of nitrogens with zero attached hydrogens (tertiary/aromatic N) is 2. The lowest BCUT2D eigenvalue weighted by atomic mass is 10.2. The molecule has 8 nitrogen and oxygen atoms in total. The molecule has 1 aliphatic heterocycles. The van der Waals surface area contributed by atoms with Crippen LogP contribution >= 0.6 is 0 Å². The van der Waals surface area contributed by atoms with E-state index in [0.717, 1.165) is 37.1 Å². The van der Waals surface area contributed by atoms with Gasteiger partial charge >= 0.3 is 6.03 Å². The Labute approximate surface area is 196 Å². The first-order chi connectivity index (χ1) is 15.7. The summed E-state index contributed by atoms with van der Waals surface area (Å²) in [4.78, 5) is 14.3. The monoisotopic (exact) mass is 472 g/mol. The zero-order valence-corrected chi connectivity index (χ0v) is 20.2. The van der Waals surface area contributed by atoms with Gasteiger partial charge in [-0.15, -0.1) is 4.40 Å². The predicted octanol–water partition coefficient (Wildman–Crippen LogP) is 4.18. The van der Waals surface area contributed by atoms with Crippen molar-refractivity contribution in [1.29, 1.82) is 0 Å². The third-order valence-corrected chi connectivity index (χ3v) is 6.72. The number of benzene rings is 2. The fourth-order valence-corrected chi connectivity index (χ4v) is 4.67. The standard InChI is InChI=1S/C24H32N4O4S/c1-18-10-6-7-13-22(18)32-19(2)17-25-24(29)26-20-11-9-12-21(16-20)33(30,31)27-23-14-5-4-8-15-28(23)3/h6-7,9-13,16,19H,4-5,8,14-15,17H2,1-3H3,(H2,25,26,29)/b27-23+. The van der Waals surface area contributed by atoms with E-state index >= 15 is 0 Å². The number of hydrogen-bond acceptors (Lipinski definition) is 4. The molecule has 2 amide bonds. The number of amidine groups is 1. The van der Waals surface area contributed by atoms with Gasteiger partial charge in [-0.2, -0.15) is 8.42 Å². The third kappa shape index (κ3) is 7.21. The Bertz CT molecular complexity index is 1100. The number of urea groups is 1. The molecule has 1 heterocycles. The number of carbonyl (C=O) groups excluding carboxylic acids is 1. The highest BCUT2D eigenvalue weighted by Gasteiger charge is 2.19. The van der Waals surface area contributed by atoms with Crippen LogP contribution in [-0.4, -0.2) is 51.4 Å². The van der Waals surface area contributed by atoms with Crippen LogP contribution in [0.25, 0.3) is 0 Å². The number of hydrogen-bond donors (Lipinski definition) is 2. The quantitative estimate of drug-likeness (QED) is 0.630. The maximum absolute atomic E-state index is 12.9. The Morgan fingerprint density at radius 2 is 1.94 bits per heavy atom. The van der Waals surface area contributed by atoms with Crippen LogP contribution in [0.4, 0.5) is 10.5 Å². The van der Waals surface area contributed by atoms with Gasteiger partial charge in [0.1, 0.15) is 17.7 Å². The molecule has 1 unspecified atom stereocenters. The van der Waals surface area contributed by atoms with Gasteiger partial charge in [0.2, 0.25) is 0 Å². The summed E-state index contributed by atoms with van der Waals surface area (Å²) in [5.74, 6) is 1.34. The Hall–Kier alpha value is -3.07. The molecule has 1 atom stereocenters. The topological polar surface area (TPSA) is 100 Å².